The molecule has 1 aliphatic heterocycles. The third-order valence-electron chi connectivity index (χ3n) is 5.58. The van der Waals surface area contributed by atoms with Crippen molar-refractivity contribution in [3.05, 3.63) is 100 Å². The minimum Gasteiger partial charge on any atom is -0.495 e. The lowest BCUT2D eigenvalue weighted by Gasteiger charge is -2.37. The summed E-state index contributed by atoms with van der Waals surface area (Å²) in [6.45, 7) is 1.35. The van der Waals surface area contributed by atoms with Crippen molar-refractivity contribution in [2.45, 2.75) is 12.0 Å². The lowest BCUT2D eigenvalue weighted by molar-refractivity contribution is -0.0125. The molecule has 1 atom stereocenters. The number of ether oxygens (including phenoxy) is 2. The van der Waals surface area contributed by atoms with E-state index in [4.69, 9.17) is 21.1 Å². The fraction of sp³-hybridized carbons (Fsp3) is 0.240. The smallest absolute Gasteiger partial charge is 0.339 e. The predicted molar refractivity (Wildman–Crippen MR) is 118 cm³/mol. The Labute approximate surface area is 182 Å². The van der Waals surface area contributed by atoms with Crippen molar-refractivity contribution in [2.75, 3.05) is 27.2 Å². The van der Waals surface area contributed by atoms with E-state index < -0.39 is 5.60 Å². The van der Waals surface area contributed by atoms with E-state index in [0.717, 1.165) is 29.7 Å². The van der Waals surface area contributed by atoms with Gasteiger partial charge in [0.2, 0.25) is 0 Å². The second-order valence-corrected chi connectivity index (χ2v) is 7.99. The van der Waals surface area contributed by atoms with E-state index in [-0.39, 0.29) is 5.97 Å². The van der Waals surface area contributed by atoms with Crippen LogP contribution in [0.25, 0.3) is 0 Å². The van der Waals surface area contributed by atoms with Crippen LogP contribution in [0.3, 0.4) is 0 Å². The number of nitrogens with zero attached hydrogens (tertiary/aromatic N) is 1. The predicted octanol–water partition coefficient (Wildman–Crippen LogP) is 4.94. The number of halogens is 1. The fourth-order valence-electron chi connectivity index (χ4n) is 4.08. The maximum Gasteiger partial charge on any atom is 0.339 e. The summed E-state index contributed by atoms with van der Waals surface area (Å²) in [5.74, 6) is 0.200. The molecule has 0 radical (unpaired) electrons. The van der Waals surface area contributed by atoms with Gasteiger partial charge in [0.25, 0.3) is 0 Å². The highest BCUT2D eigenvalue weighted by Gasteiger charge is 2.43. The van der Waals surface area contributed by atoms with Crippen molar-refractivity contribution in [2.24, 2.45) is 0 Å². The van der Waals surface area contributed by atoms with Gasteiger partial charge in [-0.3, -0.25) is 0 Å². The van der Waals surface area contributed by atoms with Crippen LogP contribution in [0.4, 0.5) is 0 Å². The molecule has 0 aliphatic carbocycles. The molecule has 0 fully saturated rings. The zero-order valence-electron chi connectivity index (χ0n) is 17.1. The van der Waals surface area contributed by atoms with Gasteiger partial charge in [-0.25, -0.2) is 4.79 Å². The van der Waals surface area contributed by atoms with Crippen molar-refractivity contribution in [3.63, 3.8) is 0 Å². The molecule has 5 heteroatoms. The van der Waals surface area contributed by atoms with Gasteiger partial charge in [0.05, 0.1) is 17.7 Å². The van der Waals surface area contributed by atoms with Gasteiger partial charge in [0.1, 0.15) is 5.75 Å². The van der Waals surface area contributed by atoms with Crippen LogP contribution < -0.4 is 4.74 Å². The lowest BCUT2D eigenvalue weighted by Crippen LogP contribution is -2.43. The summed E-state index contributed by atoms with van der Waals surface area (Å²) < 4.78 is 11.9. The fourth-order valence-corrected chi connectivity index (χ4v) is 4.34. The van der Waals surface area contributed by atoms with Gasteiger partial charge < -0.3 is 14.4 Å². The third kappa shape index (κ3) is 3.81. The summed E-state index contributed by atoms with van der Waals surface area (Å²) in [6, 6.07) is 22.8. The average Bonchev–Trinajstić information content (AvgIpc) is 2.91. The van der Waals surface area contributed by atoms with Crippen LogP contribution >= 0.6 is 11.6 Å². The Hall–Kier alpha value is -2.82. The van der Waals surface area contributed by atoms with Crippen molar-refractivity contribution in [1.29, 1.82) is 0 Å². The Morgan fingerprint density at radius 1 is 1.03 bits per heavy atom. The first-order valence-corrected chi connectivity index (χ1v) is 10.3. The van der Waals surface area contributed by atoms with Crippen LogP contribution in [0.1, 0.15) is 27.0 Å². The first-order valence-electron chi connectivity index (χ1n) is 9.93. The minimum absolute atomic E-state index is 0.366. The zero-order chi connectivity index (χ0) is 21.1. The molecule has 1 heterocycles. The number of hydrogen-bond donors (Lipinski definition) is 0. The highest BCUT2D eigenvalue weighted by atomic mass is 35.5. The average molecular weight is 422 g/mol. The molecular formula is C25H24ClNO3. The number of rotatable bonds is 4. The molecule has 0 unspecified atom stereocenters. The maximum atomic E-state index is 13.2. The van der Waals surface area contributed by atoms with Gasteiger partial charge in [-0.1, -0.05) is 60.1 Å². The number of esters is 1. The second-order valence-electron chi connectivity index (χ2n) is 7.58. The highest BCUT2D eigenvalue weighted by Crippen LogP contribution is 2.42. The first-order chi connectivity index (χ1) is 14.5. The van der Waals surface area contributed by atoms with Crippen LogP contribution in [0.2, 0.25) is 5.02 Å². The quantitative estimate of drug-likeness (QED) is 0.559. The van der Waals surface area contributed by atoms with Gasteiger partial charge in [0, 0.05) is 24.2 Å². The van der Waals surface area contributed by atoms with Crippen LogP contribution in [0, 0.1) is 0 Å². The summed E-state index contributed by atoms with van der Waals surface area (Å²) in [5.41, 5.74) is 2.39. The summed E-state index contributed by atoms with van der Waals surface area (Å²) in [7, 11) is 3.63. The summed E-state index contributed by atoms with van der Waals surface area (Å²) in [4.78, 5) is 15.4. The number of carbonyl (C=O) groups is 1. The lowest BCUT2D eigenvalue weighted by atomic mass is 9.83. The van der Waals surface area contributed by atoms with Crippen LogP contribution in [0.5, 0.6) is 5.75 Å². The normalized spacial score (nSPS) is 18.9. The van der Waals surface area contributed by atoms with Crippen LogP contribution in [-0.2, 0) is 16.8 Å². The maximum absolute atomic E-state index is 13.2. The molecule has 0 aromatic heterocycles. The summed E-state index contributed by atoms with van der Waals surface area (Å²) in [5, 5.41) is 0.553. The third-order valence-corrected chi connectivity index (χ3v) is 5.88. The molecule has 1 aliphatic rings. The van der Waals surface area contributed by atoms with E-state index in [1.807, 2.05) is 67.7 Å². The second kappa shape index (κ2) is 8.50. The number of likely N-dealkylation sites (N-methyl/N-ethyl adjacent to an activating group) is 1. The number of hydrogen-bond acceptors (Lipinski definition) is 4. The SMILES string of the molecule is COc1cc2c(cc1Cl)CCN(C)C[C@]2(OC(=O)c1ccccc1)c1ccccc1. The summed E-state index contributed by atoms with van der Waals surface area (Å²) in [6.07, 6.45) is 0.799. The van der Waals surface area contributed by atoms with Crippen molar-refractivity contribution >= 4 is 17.6 Å². The number of carbonyl (C=O) groups excluding carboxylic acids is 1. The largest absolute Gasteiger partial charge is 0.495 e. The highest BCUT2D eigenvalue weighted by molar-refractivity contribution is 6.32. The molecule has 0 spiro atoms. The Balaban J connectivity index is 1.94. The number of methoxy groups -OCH3 is 1. The van der Waals surface area contributed by atoms with E-state index in [9.17, 15) is 4.79 Å². The molecular weight excluding hydrogens is 398 g/mol. The number of benzene rings is 3. The molecule has 30 heavy (non-hydrogen) atoms. The Kier molecular flexibility index (Phi) is 5.80. The molecule has 4 rings (SSSR count). The monoisotopic (exact) mass is 421 g/mol. The molecule has 0 amide bonds. The molecule has 0 saturated carbocycles. The van der Waals surface area contributed by atoms with Crippen molar-refractivity contribution < 1.29 is 14.3 Å². The van der Waals surface area contributed by atoms with E-state index in [1.54, 1.807) is 19.2 Å². The zero-order valence-corrected chi connectivity index (χ0v) is 17.9. The Bertz CT molecular complexity index is 1040. The van der Waals surface area contributed by atoms with E-state index >= 15 is 0 Å². The van der Waals surface area contributed by atoms with Gasteiger partial charge in [0.15, 0.2) is 5.60 Å². The van der Waals surface area contributed by atoms with E-state index in [2.05, 4.69) is 4.90 Å². The topological polar surface area (TPSA) is 38.8 Å². The standard InChI is InChI=1S/C25H24ClNO3/c1-27-14-13-19-15-22(26)23(29-2)16-21(19)25(17-27,20-11-7-4-8-12-20)30-24(28)18-9-5-3-6-10-18/h3-12,15-16H,13-14,17H2,1-2H3/t25-/m0/s1. The molecule has 4 nitrogen and oxygen atoms in total. The van der Waals surface area contributed by atoms with E-state index in [0.29, 0.717) is 22.9 Å². The molecule has 154 valence electrons. The Morgan fingerprint density at radius 2 is 1.70 bits per heavy atom. The van der Waals surface area contributed by atoms with Crippen LogP contribution in [-0.4, -0.2) is 38.1 Å². The van der Waals surface area contributed by atoms with E-state index in [1.165, 1.54) is 0 Å². The Morgan fingerprint density at radius 3 is 2.37 bits per heavy atom. The molecule has 3 aromatic carbocycles. The van der Waals surface area contributed by atoms with Gasteiger partial charge in [-0.15, -0.1) is 0 Å². The van der Waals surface area contributed by atoms with Gasteiger partial charge >= 0.3 is 5.97 Å². The van der Waals surface area contributed by atoms with Gasteiger partial charge in [-0.2, -0.15) is 0 Å². The molecule has 0 N–H and O–H groups in total. The van der Waals surface area contributed by atoms with Crippen molar-refractivity contribution in [3.8, 4) is 5.75 Å². The van der Waals surface area contributed by atoms with Crippen LogP contribution in [0.15, 0.2) is 72.8 Å². The minimum atomic E-state index is -0.993. The summed E-state index contributed by atoms with van der Waals surface area (Å²) >= 11 is 6.45. The first kappa shape index (κ1) is 20.5. The molecule has 0 bridgehead atoms. The molecule has 3 aromatic rings. The van der Waals surface area contributed by atoms with Crippen molar-refractivity contribution in [1.82, 2.24) is 4.90 Å². The van der Waals surface area contributed by atoms with Gasteiger partial charge in [-0.05, 0) is 43.3 Å². The number of fused-ring (bicyclic) bond motifs is 1. The molecule has 0 saturated heterocycles.